The number of ether oxygens (including phenoxy) is 1. The van der Waals surface area contributed by atoms with Gasteiger partial charge in [0, 0.05) is 34.7 Å². The molecule has 4 nitrogen and oxygen atoms in total. The maximum Gasteiger partial charge on any atom is 0.131 e. The van der Waals surface area contributed by atoms with Gasteiger partial charge in [-0.25, -0.2) is 0 Å². The van der Waals surface area contributed by atoms with E-state index in [0.717, 1.165) is 53.7 Å². The summed E-state index contributed by atoms with van der Waals surface area (Å²) in [6.45, 7) is 8.80. The van der Waals surface area contributed by atoms with Crippen molar-refractivity contribution in [2.45, 2.75) is 77.7 Å². The zero-order valence-electron chi connectivity index (χ0n) is 17.5. The van der Waals surface area contributed by atoms with E-state index in [1.54, 1.807) is 6.20 Å². The number of aryl methyl sites for hydroxylation is 1. The average molecular weight is 381 g/mol. The minimum atomic E-state index is -0.237. The van der Waals surface area contributed by atoms with E-state index < -0.39 is 0 Å². The Bertz CT molecular complexity index is 881. The van der Waals surface area contributed by atoms with Crippen LogP contribution in [0.2, 0.25) is 0 Å². The van der Waals surface area contributed by atoms with E-state index in [1.807, 2.05) is 6.20 Å². The summed E-state index contributed by atoms with van der Waals surface area (Å²) in [7, 11) is 0. The molecule has 0 spiro atoms. The van der Waals surface area contributed by atoms with Crippen LogP contribution in [0, 0.1) is 5.92 Å². The largest absolute Gasteiger partial charge is 0.507 e. The number of H-pyrrole nitrogens is 1. The molecule has 2 aromatic rings. The van der Waals surface area contributed by atoms with Gasteiger partial charge in [0.25, 0.3) is 0 Å². The Morgan fingerprint density at radius 2 is 2.14 bits per heavy atom. The molecule has 2 N–H and O–H groups in total. The molecule has 0 radical (unpaired) electrons. The van der Waals surface area contributed by atoms with Crippen molar-refractivity contribution in [1.82, 2.24) is 10.2 Å². The highest BCUT2D eigenvalue weighted by atomic mass is 16.5. The zero-order chi connectivity index (χ0) is 19.9. The Morgan fingerprint density at radius 1 is 1.32 bits per heavy atom. The summed E-state index contributed by atoms with van der Waals surface area (Å²) >= 11 is 0. The molecule has 0 amide bonds. The predicted octanol–water partition coefficient (Wildman–Crippen LogP) is 6.13. The normalized spacial score (nSPS) is 22.8. The van der Waals surface area contributed by atoms with E-state index in [2.05, 4.69) is 50.0 Å². The van der Waals surface area contributed by atoms with E-state index in [0.29, 0.717) is 11.7 Å². The fraction of sp³-hybridized carbons (Fsp3) is 0.542. The number of nitrogens with one attached hydrogen (secondary N) is 1. The predicted molar refractivity (Wildman–Crippen MR) is 113 cm³/mol. The minimum absolute atomic E-state index is 0.197. The van der Waals surface area contributed by atoms with Crippen LogP contribution in [0.4, 0.5) is 0 Å². The van der Waals surface area contributed by atoms with Crippen LogP contribution in [0.15, 0.2) is 30.1 Å². The molecule has 0 fully saturated rings. The summed E-state index contributed by atoms with van der Waals surface area (Å²) < 4.78 is 6.51. The van der Waals surface area contributed by atoms with Gasteiger partial charge in [-0.15, -0.1) is 0 Å². The first-order chi connectivity index (χ1) is 13.4. The molecule has 2 heterocycles. The molecule has 0 saturated heterocycles. The molecule has 2 aliphatic rings. The third-order valence-electron chi connectivity index (χ3n) is 6.57. The van der Waals surface area contributed by atoms with E-state index in [9.17, 15) is 5.11 Å². The van der Waals surface area contributed by atoms with Gasteiger partial charge >= 0.3 is 0 Å². The number of fused-ring (bicyclic) bond motifs is 3. The van der Waals surface area contributed by atoms with Gasteiger partial charge in [-0.2, -0.15) is 5.10 Å². The number of nitrogens with zero attached hydrogens (tertiary/aromatic N) is 1. The fourth-order valence-corrected chi connectivity index (χ4v) is 5.08. The summed E-state index contributed by atoms with van der Waals surface area (Å²) in [6.07, 6.45) is 12.6. The molecule has 0 saturated carbocycles. The van der Waals surface area contributed by atoms with Crippen LogP contribution in [-0.2, 0) is 6.42 Å². The van der Waals surface area contributed by atoms with Crippen molar-refractivity contribution in [3.8, 4) is 22.6 Å². The van der Waals surface area contributed by atoms with Crippen LogP contribution in [-0.4, -0.2) is 20.9 Å². The van der Waals surface area contributed by atoms with Crippen molar-refractivity contribution in [3.05, 3.63) is 41.2 Å². The summed E-state index contributed by atoms with van der Waals surface area (Å²) in [5.41, 5.74) is 5.14. The monoisotopic (exact) mass is 380 g/mol. The summed E-state index contributed by atoms with van der Waals surface area (Å²) in [6, 6.07) is 2.18. The molecule has 1 aromatic heterocycles. The summed E-state index contributed by atoms with van der Waals surface area (Å²) in [4.78, 5) is 0. The number of unbranched alkanes of at least 4 members (excludes halogenated alkanes) is 2. The highest BCUT2D eigenvalue weighted by Gasteiger charge is 2.45. The molecule has 1 aliphatic heterocycles. The molecular weight excluding hydrogens is 348 g/mol. The number of allylic oxidation sites excluding steroid dienone is 2. The standard InChI is InChI=1S/C24H32N2O2/c1-5-6-7-8-16-12-20-22(23(27)21(16)17-13-25-26-14-17)18-11-15(2)9-10-19(18)24(3,4)28-20/h11-14,18-19,27H,5-10H2,1-4H3,(H,25,26)/t18-,19-/m1/s1. The second kappa shape index (κ2) is 7.31. The number of aromatic nitrogens is 2. The van der Waals surface area contributed by atoms with Gasteiger partial charge in [0.2, 0.25) is 0 Å². The van der Waals surface area contributed by atoms with Gasteiger partial charge in [-0.1, -0.05) is 31.4 Å². The third-order valence-corrected chi connectivity index (χ3v) is 6.57. The number of benzene rings is 1. The molecule has 28 heavy (non-hydrogen) atoms. The molecule has 0 unspecified atom stereocenters. The van der Waals surface area contributed by atoms with Gasteiger partial charge in [0.15, 0.2) is 0 Å². The SMILES string of the molecule is CCCCCc1cc2c(c(O)c1-c1cn[nH]c1)[C@@H]1C=C(C)CC[C@H]1C(C)(C)O2. The van der Waals surface area contributed by atoms with Crippen LogP contribution in [0.3, 0.4) is 0 Å². The van der Waals surface area contributed by atoms with E-state index in [4.69, 9.17) is 4.74 Å². The molecule has 0 bridgehead atoms. The van der Waals surface area contributed by atoms with Gasteiger partial charge in [-0.05, 0) is 58.1 Å². The van der Waals surface area contributed by atoms with Crippen molar-refractivity contribution in [3.63, 3.8) is 0 Å². The van der Waals surface area contributed by atoms with E-state index in [-0.39, 0.29) is 11.5 Å². The Balaban J connectivity index is 1.89. The van der Waals surface area contributed by atoms with Crippen LogP contribution in [0.25, 0.3) is 11.1 Å². The molecule has 1 aromatic carbocycles. The highest BCUT2D eigenvalue weighted by molar-refractivity contribution is 5.77. The van der Waals surface area contributed by atoms with Gasteiger partial charge < -0.3 is 9.84 Å². The van der Waals surface area contributed by atoms with Gasteiger partial charge in [0.1, 0.15) is 17.1 Å². The number of aromatic hydroxyl groups is 1. The molecule has 2 atom stereocenters. The first-order valence-electron chi connectivity index (χ1n) is 10.7. The van der Waals surface area contributed by atoms with Gasteiger partial charge in [0.05, 0.1) is 6.20 Å². The number of hydrogen-bond acceptors (Lipinski definition) is 3. The summed E-state index contributed by atoms with van der Waals surface area (Å²) in [5, 5.41) is 18.5. The summed E-state index contributed by atoms with van der Waals surface area (Å²) in [5.74, 6) is 1.80. The minimum Gasteiger partial charge on any atom is -0.507 e. The number of phenolic OH excluding ortho intramolecular Hbond substituents is 1. The Morgan fingerprint density at radius 3 is 2.86 bits per heavy atom. The van der Waals surface area contributed by atoms with Crippen LogP contribution < -0.4 is 4.74 Å². The number of phenols is 1. The highest BCUT2D eigenvalue weighted by Crippen LogP contribution is 2.55. The Labute approximate surface area is 168 Å². The Kier molecular flexibility index (Phi) is 4.98. The van der Waals surface area contributed by atoms with Crippen LogP contribution in [0.5, 0.6) is 11.5 Å². The topological polar surface area (TPSA) is 58.1 Å². The van der Waals surface area contributed by atoms with Crippen molar-refractivity contribution >= 4 is 0 Å². The van der Waals surface area contributed by atoms with Crippen molar-refractivity contribution in [2.75, 3.05) is 0 Å². The lowest BCUT2D eigenvalue weighted by Gasteiger charge is -2.46. The van der Waals surface area contributed by atoms with Crippen molar-refractivity contribution in [1.29, 1.82) is 0 Å². The maximum absolute atomic E-state index is 11.5. The lowest BCUT2D eigenvalue weighted by atomic mass is 9.67. The molecule has 4 heteroatoms. The molecular formula is C24H32N2O2. The maximum atomic E-state index is 11.5. The van der Waals surface area contributed by atoms with Gasteiger partial charge in [-0.3, -0.25) is 5.10 Å². The second-order valence-electron chi connectivity index (χ2n) is 9.00. The third kappa shape index (κ3) is 3.23. The molecule has 150 valence electrons. The first-order valence-corrected chi connectivity index (χ1v) is 10.7. The van der Waals surface area contributed by atoms with E-state index >= 15 is 0 Å². The zero-order valence-corrected chi connectivity index (χ0v) is 17.5. The average Bonchev–Trinajstić information content (AvgIpc) is 3.15. The van der Waals surface area contributed by atoms with Crippen molar-refractivity contribution < 1.29 is 9.84 Å². The number of aromatic amines is 1. The quantitative estimate of drug-likeness (QED) is 0.485. The van der Waals surface area contributed by atoms with Crippen LogP contribution in [0.1, 0.15) is 76.8 Å². The van der Waals surface area contributed by atoms with Crippen LogP contribution >= 0.6 is 0 Å². The van der Waals surface area contributed by atoms with Crippen molar-refractivity contribution in [2.24, 2.45) is 5.92 Å². The number of rotatable bonds is 5. The first kappa shape index (κ1) is 19.1. The Hall–Kier alpha value is -2.23. The lowest BCUT2D eigenvalue weighted by molar-refractivity contribution is 0.0108. The van der Waals surface area contributed by atoms with E-state index in [1.165, 1.54) is 18.4 Å². The molecule has 4 rings (SSSR count). The lowest BCUT2D eigenvalue weighted by Crippen LogP contribution is -2.45. The smallest absolute Gasteiger partial charge is 0.131 e. The fourth-order valence-electron chi connectivity index (χ4n) is 5.08. The molecule has 1 aliphatic carbocycles. The number of hydrogen-bond donors (Lipinski definition) is 2. The second-order valence-corrected chi connectivity index (χ2v) is 9.00.